The lowest BCUT2D eigenvalue weighted by molar-refractivity contribution is -0.119. The number of amides is 3. The Kier molecular flexibility index (Phi) is 4.89. The molecule has 2 heterocycles. The first-order valence-electron chi connectivity index (χ1n) is 9.02. The van der Waals surface area contributed by atoms with Crippen LogP contribution in [0.15, 0.2) is 65.3 Å². The van der Waals surface area contributed by atoms with Crippen LogP contribution in [0.2, 0.25) is 0 Å². The average Bonchev–Trinajstić information content (AvgIpc) is 3.33. The molecule has 8 heteroatoms. The van der Waals surface area contributed by atoms with Crippen LogP contribution in [0.25, 0.3) is 11.1 Å². The van der Waals surface area contributed by atoms with Gasteiger partial charge in [0.25, 0.3) is 17.7 Å². The largest absolute Gasteiger partial charge is 0.457 e. The van der Waals surface area contributed by atoms with Crippen LogP contribution in [0, 0.1) is 0 Å². The second kappa shape index (κ2) is 7.67. The molecule has 150 valence electrons. The molecule has 4 rings (SSSR count). The number of benzene rings is 2. The molecule has 0 spiro atoms. The Hall–Kier alpha value is -4.20. The normalized spacial score (nSPS) is 12.6. The summed E-state index contributed by atoms with van der Waals surface area (Å²) in [6.07, 6.45) is 1.37. The number of nitrogens with zero attached hydrogens (tertiary/aromatic N) is 1. The van der Waals surface area contributed by atoms with Crippen molar-refractivity contribution in [1.29, 1.82) is 0 Å². The van der Waals surface area contributed by atoms with Crippen molar-refractivity contribution in [3.63, 3.8) is 0 Å². The molecule has 8 nitrogen and oxygen atoms in total. The Morgan fingerprint density at radius 3 is 2.47 bits per heavy atom. The van der Waals surface area contributed by atoms with Gasteiger partial charge in [0.05, 0.1) is 17.4 Å². The molecule has 0 saturated heterocycles. The fraction of sp³-hybridized carbons (Fsp3) is 0.0909. The molecule has 1 aromatic heterocycles. The Morgan fingerprint density at radius 2 is 1.70 bits per heavy atom. The monoisotopic (exact) mass is 404 g/mol. The molecule has 0 aliphatic carbocycles. The van der Waals surface area contributed by atoms with Crippen molar-refractivity contribution in [2.45, 2.75) is 0 Å². The Morgan fingerprint density at radius 1 is 0.967 bits per heavy atom. The molecule has 3 amide bonds. The molecule has 0 bridgehead atoms. The van der Waals surface area contributed by atoms with Gasteiger partial charge in [-0.3, -0.25) is 19.3 Å². The van der Waals surface area contributed by atoms with Gasteiger partial charge in [0.2, 0.25) is 5.76 Å². The van der Waals surface area contributed by atoms with Crippen molar-refractivity contribution < 1.29 is 28.3 Å². The first-order chi connectivity index (χ1) is 14.5. The average molecular weight is 404 g/mol. The summed E-state index contributed by atoms with van der Waals surface area (Å²) in [4.78, 5) is 49.5. The molecule has 0 atom stereocenters. The van der Waals surface area contributed by atoms with Crippen molar-refractivity contribution in [2.24, 2.45) is 0 Å². The number of esters is 1. The summed E-state index contributed by atoms with van der Waals surface area (Å²) in [5.74, 6) is -2.21. The maximum Gasteiger partial charge on any atom is 0.375 e. The quantitative estimate of drug-likeness (QED) is 0.518. The van der Waals surface area contributed by atoms with Gasteiger partial charge in [-0.1, -0.05) is 30.3 Å². The SMILES string of the molecule is CN1C(=O)c2ccc(NC(=O)COC(=O)c3occc3-c3ccccc3)cc2C1=O. The van der Waals surface area contributed by atoms with Gasteiger partial charge in [-0.15, -0.1) is 0 Å². The Bertz CT molecular complexity index is 1170. The number of anilines is 1. The summed E-state index contributed by atoms with van der Waals surface area (Å²) in [5, 5.41) is 2.54. The smallest absolute Gasteiger partial charge is 0.375 e. The number of hydrogen-bond donors (Lipinski definition) is 1. The summed E-state index contributed by atoms with van der Waals surface area (Å²) >= 11 is 0. The van der Waals surface area contributed by atoms with E-state index in [0.717, 1.165) is 10.5 Å². The number of nitrogens with one attached hydrogen (secondary N) is 1. The zero-order chi connectivity index (χ0) is 21.3. The number of furan rings is 1. The number of carbonyl (C=O) groups excluding carboxylic acids is 4. The molecule has 0 unspecified atom stereocenters. The number of carbonyl (C=O) groups is 4. The van der Waals surface area contributed by atoms with Crippen LogP contribution in [-0.4, -0.2) is 42.2 Å². The van der Waals surface area contributed by atoms with Gasteiger partial charge < -0.3 is 14.5 Å². The van der Waals surface area contributed by atoms with E-state index in [1.165, 1.54) is 31.5 Å². The first kappa shape index (κ1) is 19.1. The van der Waals surface area contributed by atoms with Crippen LogP contribution in [-0.2, 0) is 9.53 Å². The number of rotatable bonds is 5. The van der Waals surface area contributed by atoms with Crippen molar-refractivity contribution in [1.82, 2.24) is 4.90 Å². The minimum Gasteiger partial charge on any atom is -0.457 e. The van der Waals surface area contributed by atoms with Crippen molar-refractivity contribution in [3.05, 3.63) is 77.7 Å². The van der Waals surface area contributed by atoms with Crippen LogP contribution >= 0.6 is 0 Å². The molecule has 1 aliphatic rings. The minimum absolute atomic E-state index is 0.00122. The highest BCUT2D eigenvalue weighted by molar-refractivity contribution is 6.21. The number of ether oxygens (including phenoxy) is 1. The van der Waals surface area contributed by atoms with Gasteiger partial charge in [-0.2, -0.15) is 0 Å². The summed E-state index contributed by atoms with van der Waals surface area (Å²) in [5.41, 5.74) is 2.14. The lowest BCUT2D eigenvalue weighted by atomic mass is 10.1. The zero-order valence-electron chi connectivity index (χ0n) is 15.9. The fourth-order valence-corrected chi connectivity index (χ4v) is 3.15. The van der Waals surface area contributed by atoms with E-state index in [9.17, 15) is 19.2 Å². The lowest BCUT2D eigenvalue weighted by Crippen LogP contribution is -2.24. The Balaban J connectivity index is 1.40. The highest BCUT2D eigenvalue weighted by atomic mass is 16.5. The van der Waals surface area contributed by atoms with Gasteiger partial charge in [-0.25, -0.2) is 4.79 Å². The van der Waals surface area contributed by atoms with Crippen molar-refractivity contribution >= 4 is 29.4 Å². The molecule has 0 fully saturated rings. The molecule has 30 heavy (non-hydrogen) atoms. The predicted molar refractivity (Wildman–Crippen MR) is 106 cm³/mol. The van der Waals surface area contributed by atoms with E-state index in [-0.39, 0.29) is 16.9 Å². The Labute approximate surface area is 171 Å². The third-order valence-electron chi connectivity index (χ3n) is 4.64. The molecule has 1 N–H and O–H groups in total. The molecule has 0 saturated carbocycles. The molecular formula is C22H16N2O6. The third kappa shape index (κ3) is 3.46. The molecule has 2 aromatic carbocycles. The van der Waals surface area contributed by atoms with E-state index < -0.39 is 30.3 Å². The van der Waals surface area contributed by atoms with Gasteiger partial charge in [0.1, 0.15) is 0 Å². The lowest BCUT2D eigenvalue weighted by Gasteiger charge is -2.07. The van der Waals surface area contributed by atoms with E-state index in [0.29, 0.717) is 11.3 Å². The van der Waals surface area contributed by atoms with Crippen LogP contribution < -0.4 is 5.32 Å². The van der Waals surface area contributed by atoms with E-state index in [1.54, 1.807) is 6.07 Å². The summed E-state index contributed by atoms with van der Waals surface area (Å²) in [6.45, 7) is -0.544. The number of hydrogen-bond acceptors (Lipinski definition) is 6. The second-order valence-electron chi connectivity index (χ2n) is 6.58. The summed E-state index contributed by atoms with van der Waals surface area (Å²) < 4.78 is 10.3. The highest BCUT2D eigenvalue weighted by Crippen LogP contribution is 2.26. The number of imide groups is 1. The topological polar surface area (TPSA) is 106 Å². The summed E-state index contributed by atoms with van der Waals surface area (Å²) in [6, 6.07) is 15.2. The molecule has 1 aliphatic heterocycles. The van der Waals surface area contributed by atoms with E-state index in [4.69, 9.17) is 9.15 Å². The zero-order valence-corrected chi connectivity index (χ0v) is 15.9. The molecule has 3 aromatic rings. The second-order valence-corrected chi connectivity index (χ2v) is 6.58. The minimum atomic E-state index is -0.773. The van der Waals surface area contributed by atoms with Gasteiger partial charge in [0.15, 0.2) is 6.61 Å². The van der Waals surface area contributed by atoms with E-state index >= 15 is 0 Å². The fourth-order valence-electron chi connectivity index (χ4n) is 3.15. The van der Waals surface area contributed by atoms with Crippen LogP contribution in [0.4, 0.5) is 5.69 Å². The van der Waals surface area contributed by atoms with Gasteiger partial charge >= 0.3 is 5.97 Å². The standard InChI is InChI=1S/C22H16N2O6/c1-24-20(26)16-8-7-14(11-17(16)21(24)27)23-18(25)12-30-22(28)19-15(9-10-29-19)13-5-3-2-4-6-13/h2-11H,12H2,1H3,(H,23,25). The van der Waals surface area contributed by atoms with Gasteiger partial charge in [0, 0.05) is 18.3 Å². The summed E-state index contributed by atoms with van der Waals surface area (Å²) in [7, 11) is 1.39. The van der Waals surface area contributed by atoms with Crippen molar-refractivity contribution in [3.8, 4) is 11.1 Å². The highest BCUT2D eigenvalue weighted by Gasteiger charge is 2.32. The molecular weight excluding hydrogens is 388 g/mol. The first-order valence-corrected chi connectivity index (χ1v) is 9.02. The van der Waals surface area contributed by atoms with Crippen LogP contribution in [0.5, 0.6) is 0 Å². The van der Waals surface area contributed by atoms with Gasteiger partial charge in [-0.05, 0) is 29.8 Å². The molecule has 0 radical (unpaired) electrons. The van der Waals surface area contributed by atoms with E-state index in [1.807, 2.05) is 30.3 Å². The maximum atomic E-state index is 12.3. The maximum absolute atomic E-state index is 12.3. The third-order valence-corrected chi connectivity index (χ3v) is 4.64. The predicted octanol–water partition coefficient (Wildman–Crippen LogP) is 2.97. The van der Waals surface area contributed by atoms with Crippen LogP contribution in [0.1, 0.15) is 31.3 Å². The van der Waals surface area contributed by atoms with Crippen LogP contribution in [0.3, 0.4) is 0 Å². The van der Waals surface area contributed by atoms with E-state index in [2.05, 4.69) is 5.32 Å². The number of fused-ring (bicyclic) bond motifs is 1. The van der Waals surface area contributed by atoms with Crippen molar-refractivity contribution in [2.75, 3.05) is 19.0 Å².